The minimum atomic E-state index is -0.405. The van der Waals surface area contributed by atoms with Gasteiger partial charge in [0.2, 0.25) is 0 Å². The van der Waals surface area contributed by atoms with E-state index in [1.807, 2.05) is 0 Å². The zero-order chi connectivity index (χ0) is 12.0. The maximum Gasteiger partial charge on any atom is 0.167 e. The van der Waals surface area contributed by atoms with Crippen molar-refractivity contribution in [2.45, 2.75) is 6.92 Å². The second kappa shape index (κ2) is 6.61. The number of halogens is 3. The maximum absolute atomic E-state index is 13.4. The Balaban J connectivity index is 2.66. The van der Waals surface area contributed by atoms with Crippen LogP contribution in [-0.2, 0) is 0 Å². The smallest absolute Gasteiger partial charge is 0.167 e. The van der Waals surface area contributed by atoms with Gasteiger partial charge in [0.1, 0.15) is 0 Å². The second-order valence-corrected chi connectivity index (χ2v) is 3.69. The number of hydrogen-bond donors (Lipinski definition) is 1. The summed E-state index contributed by atoms with van der Waals surface area (Å²) in [6.07, 6.45) is 0. The number of anilines is 1. The number of ether oxygens (including phenoxy) is 1. The zero-order valence-corrected chi connectivity index (χ0v) is 10.3. The summed E-state index contributed by atoms with van der Waals surface area (Å²) in [5, 5.41) is 3.38. The summed E-state index contributed by atoms with van der Waals surface area (Å²) in [7, 11) is 0. The summed E-state index contributed by atoms with van der Waals surface area (Å²) in [6, 6.07) is 4.63. The Hall–Kier alpha value is -0.930. The van der Waals surface area contributed by atoms with E-state index in [1.54, 1.807) is 19.1 Å². The standard InChI is InChI=1S/C11H12Cl2FNO/c1-2-16-11-4-3-9(5-10(11)14)15-7-8(13)6-12/h3-6,15H,2,7H2,1H3/b8-6-. The fourth-order valence-corrected chi connectivity index (χ4v) is 1.25. The first-order chi connectivity index (χ1) is 7.67. The molecular weight excluding hydrogens is 252 g/mol. The first-order valence-electron chi connectivity index (χ1n) is 4.78. The van der Waals surface area contributed by atoms with Crippen molar-refractivity contribution in [3.05, 3.63) is 34.6 Å². The molecular formula is C11H12Cl2FNO. The van der Waals surface area contributed by atoms with Crippen LogP contribution in [0.4, 0.5) is 10.1 Å². The van der Waals surface area contributed by atoms with Crippen molar-refractivity contribution < 1.29 is 9.13 Å². The van der Waals surface area contributed by atoms with Gasteiger partial charge >= 0.3 is 0 Å². The molecule has 1 N–H and O–H groups in total. The van der Waals surface area contributed by atoms with Crippen LogP contribution in [0.15, 0.2) is 28.8 Å². The van der Waals surface area contributed by atoms with Crippen LogP contribution >= 0.6 is 23.2 Å². The Bertz CT molecular complexity index is 382. The normalized spacial score (nSPS) is 11.4. The van der Waals surface area contributed by atoms with Crippen molar-refractivity contribution >= 4 is 28.9 Å². The average Bonchev–Trinajstić information content (AvgIpc) is 2.29. The highest BCUT2D eigenvalue weighted by Gasteiger charge is 2.03. The molecule has 16 heavy (non-hydrogen) atoms. The Labute approximate surface area is 104 Å². The number of rotatable bonds is 5. The Morgan fingerprint density at radius 2 is 2.31 bits per heavy atom. The topological polar surface area (TPSA) is 21.3 Å². The van der Waals surface area contributed by atoms with E-state index in [4.69, 9.17) is 27.9 Å². The highest BCUT2D eigenvalue weighted by Crippen LogP contribution is 2.21. The quantitative estimate of drug-likeness (QED) is 0.869. The van der Waals surface area contributed by atoms with Gasteiger partial charge in [-0.05, 0) is 19.1 Å². The Morgan fingerprint density at radius 1 is 1.56 bits per heavy atom. The van der Waals surface area contributed by atoms with Gasteiger partial charge in [-0.3, -0.25) is 0 Å². The van der Waals surface area contributed by atoms with Gasteiger partial charge in [0.15, 0.2) is 11.6 Å². The molecule has 0 saturated heterocycles. The predicted octanol–water partition coefficient (Wildman–Crippen LogP) is 3.96. The third-order valence-electron chi connectivity index (χ3n) is 1.81. The molecule has 0 atom stereocenters. The van der Waals surface area contributed by atoms with Crippen LogP contribution < -0.4 is 10.1 Å². The lowest BCUT2D eigenvalue weighted by molar-refractivity contribution is 0.321. The van der Waals surface area contributed by atoms with Gasteiger partial charge in [-0.1, -0.05) is 23.2 Å². The largest absolute Gasteiger partial charge is 0.491 e. The van der Waals surface area contributed by atoms with Crippen LogP contribution in [0.5, 0.6) is 5.75 Å². The van der Waals surface area contributed by atoms with E-state index < -0.39 is 5.82 Å². The molecule has 0 aliphatic carbocycles. The van der Waals surface area contributed by atoms with Crippen molar-refractivity contribution in [2.75, 3.05) is 18.5 Å². The lowest BCUT2D eigenvalue weighted by Gasteiger charge is -2.08. The van der Waals surface area contributed by atoms with Gasteiger partial charge < -0.3 is 10.1 Å². The lowest BCUT2D eigenvalue weighted by Crippen LogP contribution is -2.02. The molecule has 0 amide bonds. The summed E-state index contributed by atoms with van der Waals surface area (Å²) in [6.45, 7) is 2.60. The van der Waals surface area contributed by atoms with Crippen LogP contribution in [0, 0.1) is 5.82 Å². The van der Waals surface area contributed by atoms with Crippen molar-refractivity contribution in [1.82, 2.24) is 0 Å². The molecule has 0 heterocycles. The molecule has 1 aromatic rings. The summed E-state index contributed by atoms with van der Waals surface area (Å²) in [4.78, 5) is 0. The van der Waals surface area contributed by atoms with Gasteiger partial charge in [0.25, 0.3) is 0 Å². The van der Waals surface area contributed by atoms with Crippen LogP contribution in [0.2, 0.25) is 0 Å². The molecule has 0 aliphatic rings. The third kappa shape index (κ3) is 3.91. The van der Waals surface area contributed by atoms with Crippen molar-refractivity contribution in [3.8, 4) is 5.75 Å². The van der Waals surface area contributed by atoms with Gasteiger partial charge in [-0.15, -0.1) is 0 Å². The average molecular weight is 264 g/mol. The highest BCUT2D eigenvalue weighted by molar-refractivity contribution is 6.36. The van der Waals surface area contributed by atoms with Crippen LogP contribution in [0.25, 0.3) is 0 Å². The van der Waals surface area contributed by atoms with E-state index in [-0.39, 0.29) is 5.75 Å². The molecule has 1 rings (SSSR count). The second-order valence-electron chi connectivity index (χ2n) is 2.99. The molecule has 2 nitrogen and oxygen atoms in total. The monoisotopic (exact) mass is 263 g/mol. The number of hydrogen-bond acceptors (Lipinski definition) is 2. The Kier molecular flexibility index (Phi) is 5.43. The fourth-order valence-electron chi connectivity index (χ4n) is 1.11. The fraction of sp³-hybridized carbons (Fsp3) is 0.273. The van der Waals surface area contributed by atoms with Gasteiger partial charge in [0, 0.05) is 22.3 Å². The van der Waals surface area contributed by atoms with Crippen LogP contribution in [-0.4, -0.2) is 13.2 Å². The van der Waals surface area contributed by atoms with Gasteiger partial charge in [0.05, 0.1) is 13.2 Å². The molecule has 0 unspecified atom stereocenters. The highest BCUT2D eigenvalue weighted by atomic mass is 35.5. The molecule has 0 spiro atoms. The van der Waals surface area contributed by atoms with Gasteiger partial charge in [-0.25, -0.2) is 4.39 Å². The number of benzene rings is 1. The minimum Gasteiger partial charge on any atom is -0.491 e. The van der Waals surface area contributed by atoms with Crippen molar-refractivity contribution in [2.24, 2.45) is 0 Å². The maximum atomic E-state index is 13.4. The zero-order valence-electron chi connectivity index (χ0n) is 8.77. The van der Waals surface area contributed by atoms with E-state index in [9.17, 15) is 4.39 Å². The molecule has 0 radical (unpaired) electrons. The summed E-state index contributed by atoms with van der Waals surface area (Å²) in [5.41, 5.74) is 1.89. The van der Waals surface area contributed by atoms with Crippen LogP contribution in [0.1, 0.15) is 6.92 Å². The van der Waals surface area contributed by atoms with Crippen molar-refractivity contribution in [1.29, 1.82) is 0 Å². The summed E-state index contributed by atoms with van der Waals surface area (Å²) >= 11 is 11.1. The predicted molar refractivity (Wildman–Crippen MR) is 65.8 cm³/mol. The summed E-state index contributed by atoms with van der Waals surface area (Å²) in [5.74, 6) is -0.162. The molecule has 5 heteroatoms. The molecule has 0 saturated carbocycles. The molecule has 0 fully saturated rings. The van der Waals surface area contributed by atoms with Crippen LogP contribution in [0.3, 0.4) is 0 Å². The lowest BCUT2D eigenvalue weighted by atomic mass is 10.3. The van der Waals surface area contributed by atoms with E-state index in [1.165, 1.54) is 11.6 Å². The Morgan fingerprint density at radius 3 is 2.88 bits per heavy atom. The molecule has 1 aromatic carbocycles. The SMILES string of the molecule is CCOc1ccc(NC/C(Cl)=C/Cl)cc1F. The van der Waals surface area contributed by atoms with E-state index in [0.717, 1.165) is 0 Å². The van der Waals surface area contributed by atoms with E-state index >= 15 is 0 Å². The first-order valence-corrected chi connectivity index (χ1v) is 5.59. The van der Waals surface area contributed by atoms with E-state index in [2.05, 4.69) is 5.32 Å². The first kappa shape index (κ1) is 13.1. The molecule has 0 aliphatic heterocycles. The molecule has 0 bridgehead atoms. The third-order valence-corrected chi connectivity index (χ3v) is 2.43. The minimum absolute atomic E-state index is 0.243. The number of nitrogens with one attached hydrogen (secondary N) is 1. The van der Waals surface area contributed by atoms with Crippen molar-refractivity contribution in [3.63, 3.8) is 0 Å². The summed E-state index contributed by atoms with van der Waals surface area (Å²) < 4.78 is 18.5. The molecule has 88 valence electrons. The molecule has 0 aromatic heterocycles. The van der Waals surface area contributed by atoms with E-state index in [0.29, 0.717) is 23.9 Å². The van der Waals surface area contributed by atoms with Gasteiger partial charge in [-0.2, -0.15) is 0 Å².